The highest BCUT2D eigenvalue weighted by molar-refractivity contribution is 7.89. The van der Waals surface area contributed by atoms with Gasteiger partial charge in [-0.1, -0.05) is 35.3 Å². The third kappa shape index (κ3) is 5.29. The van der Waals surface area contributed by atoms with E-state index in [0.717, 1.165) is 12.8 Å². The molecule has 2 aromatic carbocycles. The Balaban J connectivity index is 1.62. The van der Waals surface area contributed by atoms with E-state index in [1.54, 1.807) is 17.0 Å². The molecule has 2 aromatic rings. The van der Waals surface area contributed by atoms with Gasteiger partial charge in [-0.15, -0.1) is 0 Å². The highest BCUT2D eigenvalue weighted by Crippen LogP contribution is 2.36. The average molecular weight is 598 g/mol. The summed E-state index contributed by atoms with van der Waals surface area (Å²) in [5, 5.41) is 0.289. The molecule has 210 valence electrons. The van der Waals surface area contributed by atoms with E-state index < -0.39 is 34.1 Å². The Hall–Kier alpha value is -2.24. The molecule has 3 aliphatic heterocycles. The lowest BCUT2D eigenvalue weighted by Crippen LogP contribution is -2.76. The number of carbonyl (C=O) groups is 2. The smallest absolute Gasteiger partial charge is 0.246 e. The number of hydrogen-bond acceptors (Lipinski definition) is 5. The fourth-order valence-corrected chi connectivity index (χ4v) is 8.16. The van der Waals surface area contributed by atoms with Gasteiger partial charge in [0.15, 0.2) is 0 Å². The zero-order valence-corrected chi connectivity index (χ0v) is 24.1. The maximum atomic E-state index is 14.2. The normalized spacial score (nSPS) is 25.0. The number of piperazine rings is 1. The first-order valence-electron chi connectivity index (χ1n) is 13.1. The summed E-state index contributed by atoms with van der Waals surface area (Å²) in [5.41, 5.74) is 0.672. The van der Waals surface area contributed by atoms with Crippen molar-refractivity contribution in [1.29, 1.82) is 0 Å². The first kappa shape index (κ1) is 28.3. The van der Waals surface area contributed by atoms with Gasteiger partial charge in [-0.05, 0) is 75.7 Å². The zero-order chi connectivity index (χ0) is 28.1. The van der Waals surface area contributed by atoms with Crippen LogP contribution in [0, 0.1) is 5.82 Å². The predicted molar refractivity (Wildman–Crippen MR) is 146 cm³/mol. The fourth-order valence-electron chi connectivity index (χ4n) is 5.83. The van der Waals surface area contributed by atoms with Crippen molar-refractivity contribution in [3.8, 4) is 0 Å². The molecule has 3 saturated heterocycles. The van der Waals surface area contributed by atoms with Crippen molar-refractivity contribution in [2.75, 3.05) is 26.2 Å². The summed E-state index contributed by atoms with van der Waals surface area (Å²) in [4.78, 5) is 32.9. The Kier molecular flexibility index (Phi) is 7.96. The topological polar surface area (TPSA) is 81.2 Å². The predicted octanol–water partition coefficient (Wildman–Crippen LogP) is 3.62. The summed E-state index contributed by atoms with van der Waals surface area (Å²) >= 11 is 12.4. The van der Waals surface area contributed by atoms with Crippen molar-refractivity contribution in [3.63, 3.8) is 0 Å². The largest absolute Gasteiger partial charge is 0.335 e. The highest BCUT2D eigenvalue weighted by Gasteiger charge is 2.55. The number of likely N-dealkylation sites (tertiary alicyclic amines) is 1. The van der Waals surface area contributed by atoms with E-state index in [-0.39, 0.29) is 47.3 Å². The number of nitrogens with zero attached hydrogens (tertiary/aromatic N) is 4. The monoisotopic (exact) mass is 596 g/mol. The molecule has 0 bridgehead atoms. The quantitative estimate of drug-likeness (QED) is 0.509. The maximum Gasteiger partial charge on any atom is 0.246 e. The summed E-state index contributed by atoms with van der Waals surface area (Å²) in [6.07, 6.45) is 1.01. The highest BCUT2D eigenvalue weighted by atomic mass is 35.5. The lowest BCUT2D eigenvalue weighted by molar-refractivity contribution is -0.171. The summed E-state index contributed by atoms with van der Waals surface area (Å²) in [5.74, 6) is -0.932. The van der Waals surface area contributed by atoms with Crippen LogP contribution in [-0.4, -0.2) is 89.7 Å². The first-order chi connectivity index (χ1) is 18.5. The Morgan fingerprint density at radius 1 is 0.974 bits per heavy atom. The molecular weight excluding hydrogens is 566 g/mol. The summed E-state index contributed by atoms with van der Waals surface area (Å²) in [6.45, 7) is 5.02. The molecule has 2 amide bonds. The zero-order valence-electron chi connectivity index (χ0n) is 21.8. The molecular formula is C27H31Cl2FN4O4S. The number of halogens is 3. The fraction of sp³-hybridized carbons (Fsp3) is 0.481. The minimum absolute atomic E-state index is 0.0147. The molecule has 3 aliphatic rings. The number of amides is 2. The van der Waals surface area contributed by atoms with Crippen LogP contribution in [0.25, 0.3) is 0 Å². The molecule has 3 unspecified atom stereocenters. The van der Waals surface area contributed by atoms with Crippen molar-refractivity contribution < 1.29 is 22.4 Å². The number of fused-ring (bicyclic) bond motifs is 1. The van der Waals surface area contributed by atoms with Crippen molar-refractivity contribution in [2.24, 2.45) is 0 Å². The molecule has 0 aromatic heterocycles. The summed E-state index contributed by atoms with van der Waals surface area (Å²) in [6, 6.07) is 8.08. The van der Waals surface area contributed by atoms with E-state index in [1.807, 2.05) is 18.7 Å². The van der Waals surface area contributed by atoms with Crippen LogP contribution >= 0.6 is 23.2 Å². The third-order valence-electron chi connectivity index (χ3n) is 7.84. The SMILES string of the molecule is CC(C)N1CC2N(C(=O)C(N3CCCC3)CN2S(=O)(=O)c2ccc(Cl)cc2Cl)C(Cc2ccc(F)cc2)C1=O. The van der Waals surface area contributed by atoms with Crippen molar-refractivity contribution in [2.45, 2.75) is 62.3 Å². The second kappa shape index (κ2) is 11.0. The van der Waals surface area contributed by atoms with Gasteiger partial charge in [0.2, 0.25) is 21.8 Å². The van der Waals surface area contributed by atoms with Crippen LogP contribution < -0.4 is 0 Å². The second-order valence-electron chi connectivity index (χ2n) is 10.6. The van der Waals surface area contributed by atoms with Crippen LogP contribution in [0.4, 0.5) is 4.39 Å². The second-order valence-corrected chi connectivity index (χ2v) is 13.3. The molecule has 0 spiro atoms. The molecule has 12 heteroatoms. The van der Waals surface area contributed by atoms with Crippen LogP contribution in [0.15, 0.2) is 47.4 Å². The van der Waals surface area contributed by atoms with Gasteiger partial charge in [-0.25, -0.2) is 12.8 Å². The minimum Gasteiger partial charge on any atom is -0.335 e. The van der Waals surface area contributed by atoms with Crippen LogP contribution in [0.2, 0.25) is 10.0 Å². The minimum atomic E-state index is -4.20. The van der Waals surface area contributed by atoms with Crippen molar-refractivity contribution in [3.05, 3.63) is 63.9 Å². The van der Waals surface area contributed by atoms with E-state index in [1.165, 1.54) is 39.5 Å². The lowest BCUT2D eigenvalue weighted by atomic mass is 9.96. The Morgan fingerprint density at radius 2 is 1.64 bits per heavy atom. The number of sulfonamides is 1. The summed E-state index contributed by atoms with van der Waals surface area (Å²) in [7, 11) is -4.20. The van der Waals surface area contributed by atoms with Gasteiger partial charge in [0, 0.05) is 24.0 Å². The lowest BCUT2D eigenvalue weighted by Gasteiger charge is -2.55. The third-order valence-corrected chi connectivity index (χ3v) is 10.4. The molecule has 0 aliphatic carbocycles. The molecule has 0 N–H and O–H groups in total. The van der Waals surface area contributed by atoms with E-state index in [9.17, 15) is 22.4 Å². The van der Waals surface area contributed by atoms with E-state index in [0.29, 0.717) is 23.7 Å². The van der Waals surface area contributed by atoms with Gasteiger partial charge in [0.1, 0.15) is 29.0 Å². The standard InChI is InChI=1S/C27H31Cl2FN4O4S/c1-17(2)32-16-25-33(39(37,38)24-10-7-19(28)14-21(24)29)15-23(31-11-3-4-12-31)27(36)34(25)22(26(32)35)13-18-5-8-20(30)9-6-18/h5-10,14,17,22-23,25H,3-4,11-13,15-16H2,1-2H3. The van der Waals surface area contributed by atoms with Gasteiger partial charge in [0.25, 0.3) is 0 Å². The molecule has 3 fully saturated rings. The molecule has 5 rings (SSSR count). The number of carbonyl (C=O) groups excluding carboxylic acids is 2. The van der Waals surface area contributed by atoms with Crippen LogP contribution in [0.5, 0.6) is 0 Å². The Bertz CT molecular complexity index is 1370. The van der Waals surface area contributed by atoms with Gasteiger partial charge < -0.3 is 9.80 Å². The Labute approximate surface area is 238 Å². The Morgan fingerprint density at radius 3 is 2.26 bits per heavy atom. The van der Waals surface area contributed by atoms with E-state index in [4.69, 9.17) is 23.2 Å². The van der Waals surface area contributed by atoms with Crippen LogP contribution in [0.3, 0.4) is 0 Å². The molecule has 3 heterocycles. The van der Waals surface area contributed by atoms with Gasteiger partial charge in [-0.2, -0.15) is 4.31 Å². The van der Waals surface area contributed by atoms with Crippen LogP contribution in [-0.2, 0) is 26.0 Å². The average Bonchev–Trinajstić information content (AvgIpc) is 3.41. The number of hydrogen-bond donors (Lipinski definition) is 0. The molecule has 39 heavy (non-hydrogen) atoms. The molecule has 3 atom stereocenters. The van der Waals surface area contributed by atoms with Crippen LogP contribution in [0.1, 0.15) is 32.3 Å². The van der Waals surface area contributed by atoms with E-state index >= 15 is 0 Å². The molecule has 0 saturated carbocycles. The number of benzene rings is 2. The molecule has 0 radical (unpaired) electrons. The first-order valence-corrected chi connectivity index (χ1v) is 15.3. The molecule has 8 nitrogen and oxygen atoms in total. The van der Waals surface area contributed by atoms with Gasteiger partial charge in [0.05, 0.1) is 11.6 Å². The van der Waals surface area contributed by atoms with Gasteiger partial charge in [-0.3, -0.25) is 14.5 Å². The van der Waals surface area contributed by atoms with Crippen molar-refractivity contribution in [1.82, 2.24) is 19.0 Å². The van der Waals surface area contributed by atoms with Gasteiger partial charge >= 0.3 is 0 Å². The van der Waals surface area contributed by atoms with Crippen molar-refractivity contribution >= 4 is 45.0 Å². The number of rotatable bonds is 6. The van der Waals surface area contributed by atoms with E-state index in [2.05, 4.69) is 0 Å². The summed E-state index contributed by atoms with van der Waals surface area (Å²) < 4.78 is 43.4. The maximum absolute atomic E-state index is 14.2.